The molecule has 0 aliphatic carbocycles. The maximum Gasteiger partial charge on any atom is 0.249 e. The summed E-state index contributed by atoms with van der Waals surface area (Å²) in [7, 11) is 0. The van der Waals surface area contributed by atoms with Crippen molar-refractivity contribution in [2.24, 2.45) is 5.92 Å². The van der Waals surface area contributed by atoms with Crippen LogP contribution < -0.4 is 0 Å². The van der Waals surface area contributed by atoms with Gasteiger partial charge in [-0.3, -0.25) is 9.80 Å². The van der Waals surface area contributed by atoms with E-state index in [1.807, 2.05) is 0 Å². The molecular weight excluding hydrogens is 306 g/mol. The fourth-order valence-corrected chi connectivity index (χ4v) is 4.55. The second-order valence-corrected chi connectivity index (χ2v) is 9.67. The Morgan fingerprint density at radius 2 is 1.50 bits per heavy atom. The van der Waals surface area contributed by atoms with Crippen molar-refractivity contribution < 1.29 is 8.78 Å². The van der Waals surface area contributed by atoms with Gasteiger partial charge in [0.05, 0.1) is 0 Å². The van der Waals surface area contributed by atoms with E-state index >= 15 is 0 Å². The number of hydrogen-bond acceptors (Lipinski definition) is 2. The first-order chi connectivity index (χ1) is 11.0. The second-order valence-electron chi connectivity index (χ2n) is 9.67. The number of likely N-dealkylation sites (tertiary alicyclic amines) is 2. The van der Waals surface area contributed by atoms with Gasteiger partial charge in [-0.2, -0.15) is 0 Å². The summed E-state index contributed by atoms with van der Waals surface area (Å²) in [6.07, 6.45) is 5.62. The molecule has 0 aromatic carbocycles. The molecule has 24 heavy (non-hydrogen) atoms. The normalized spacial score (nSPS) is 28.4. The highest BCUT2D eigenvalue weighted by atomic mass is 19.3. The second kappa shape index (κ2) is 7.57. The quantitative estimate of drug-likeness (QED) is 0.696. The van der Waals surface area contributed by atoms with Gasteiger partial charge >= 0.3 is 0 Å². The minimum atomic E-state index is -2.46. The van der Waals surface area contributed by atoms with Crippen LogP contribution in [0.25, 0.3) is 0 Å². The van der Waals surface area contributed by atoms with E-state index in [9.17, 15) is 8.78 Å². The number of rotatable bonds is 3. The van der Waals surface area contributed by atoms with E-state index in [1.54, 1.807) is 0 Å². The molecule has 0 spiro atoms. The van der Waals surface area contributed by atoms with E-state index in [0.29, 0.717) is 13.0 Å². The van der Waals surface area contributed by atoms with Crippen LogP contribution in [-0.4, -0.2) is 53.0 Å². The summed E-state index contributed by atoms with van der Waals surface area (Å²) in [6, 6.07) is 0. The summed E-state index contributed by atoms with van der Waals surface area (Å²) in [4.78, 5) is 4.94. The first-order valence-electron chi connectivity index (χ1n) is 9.88. The van der Waals surface area contributed by atoms with Crippen LogP contribution in [0.3, 0.4) is 0 Å². The molecule has 0 bridgehead atoms. The molecule has 142 valence electrons. The lowest BCUT2D eigenvalue weighted by atomic mass is 9.84. The Balaban J connectivity index is 1.91. The fourth-order valence-electron chi connectivity index (χ4n) is 4.55. The summed E-state index contributed by atoms with van der Waals surface area (Å²) in [5, 5.41) is 0. The largest absolute Gasteiger partial charge is 0.298 e. The van der Waals surface area contributed by atoms with Gasteiger partial charge in [0.2, 0.25) is 5.92 Å². The van der Waals surface area contributed by atoms with E-state index < -0.39 is 5.92 Å². The maximum atomic E-state index is 13.7. The minimum Gasteiger partial charge on any atom is -0.298 e. The Kier molecular flexibility index (Phi) is 6.34. The van der Waals surface area contributed by atoms with Gasteiger partial charge in [-0.25, -0.2) is 8.78 Å². The van der Waals surface area contributed by atoms with Gasteiger partial charge in [0.1, 0.15) is 0 Å². The summed E-state index contributed by atoms with van der Waals surface area (Å²) in [5.41, 5.74) is 0.281. The van der Waals surface area contributed by atoms with Crippen LogP contribution in [-0.2, 0) is 0 Å². The smallest absolute Gasteiger partial charge is 0.249 e. The topological polar surface area (TPSA) is 6.48 Å². The molecule has 4 heteroatoms. The molecule has 0 aromatic rings. The zero-order valence-electron chi connectivity index (χ0n) is 16.5. The van der Waals surface area contributed by atoms with Crippen LogP contribution in [0.15, 0.2) is 0 Å². The van der Waals surface area contributed by atoms with Gasteiger partial charge in [-0.05, 0) is 92.3 Å². The molecule has 1 unspecified atom stereocenters. The average Bonchev–Trinajstić information content (AvgIpc) is 2.76. The highest BCUT2D eigenvalue weighted by Gasteiger charge is 2.37. The van der Waals surface area contributed by atoms with Crippen molar-refractivity contribution in [3.8, 4) is 0 Å². The third-order valence-corrected chi connectivity index (χ3v) is 6.16. The highest BCUT2D eigenvalue weighted by molar-refractivity contribution is 4.89. The zero-order chi connectivity index (χ0) is 18.0. The van der Waals surface area contributed by atoms with Crippen LogP contribution in [0, 0.1) is 5.92 Å². The van der Waals surface area contributed by atoms with Gasteiger partial charge in [-0.1, -0.05) is 0 Å². The van der Waals surface area contributed by atoms with E-state index in [0.717, 1.165) is 18.9 Å². The molecule has 2 rings (SSSR count). The molecule has 2 heterocycles. The Bertz CT molecular complexity index is 401. The SMILES string of the molecule is CC(C)(C)N1CCCC(CC(C)(C)N2CCCC(F)(F)CC2)CC1. The molecule has 2 fully saturated rings. The Labute approximate surface area is 148 Å². The van der Waals surface area contributed by atoms with Crippen molar-refractivity contribution in [1.82, 2.24) is 9.80 Å². The zero-order valence-corrected chi connectivity index (χ0v) is 16.5. The summed E-state index contributed by atoms with van der Waals surface area (Å²) >= 11 is 0. The molecule has 0 N–H and O–H groups in total. The van der Waals surface area contributed by atoms with Crippen LogP contribution in [0.2, 0.25) is 0 Å². The highest BCUT2D eigenvalue weighted by Crippen LogP contribution is 2.35. The van der Waals surface area contributed by atoms with E-state index in [4.69, 9.17) is 0 Å². The monoisotopic (exact) mass is 344 g/mol. The molecule has 1 atom stereocenters. The number of halogens is 2. The molecular formula is C20H38F2N2. The molecule has 0 amide bonds. The predicted molar refractivity (Wildman–Crippen MR) is 97.7 cm³/mol. The van der Waals surface area contributed by atoms with Crippen molar-refractivity contribution in [2.75, 3.05) is 26.2 Å². The number of hydrogen-bond donors (Lipinski definition) is 0. The molecule has 0 aromatic heterocycles. The molecule has 2 aliphatic heterocycles. The van der Waals surface area contributed by atoms with Gasteiger partial charge in [-0.15, -0.1) is 0 Å². The summed E-state index contributed by atoms with van der Waals surface area (Å²) < 4.78 is 27.3. The third-order valence-electron chi connectivity index (χ3n) is 6.16. The van der Waals surface area contributed by atoms with E-state index in [2.05, 4.69) is 44.4 Å². The van der Waals surface area contributed by atoms with Crippen molar-refractivity contribution in [3.05, 3.63) is 0 Å². The van der Waals surface area contributed by atoms with E-state index in [-0.39, 0.29) is 23.9 Å². The summed E-state index contributed by atoms with van der Waals surface area (Å²) in [6.45, 7) is 15.2. The maximum absolute atomic E-state index is 13.7. The van der Waals surface area contributed by atoms with Crippen molar-refractivity contribution in [1.29, 1.82) is 0 Å². The lowest BCUT2D eigenvalue weighted by Gasteiger charge is -2.40. The fraction of sp³-hybridized carbons (Fsp3) is 1.00. The Hall–Kier alpha value is -0.220. The van der Waals surface area contributed by atoms with Crippen molar-refractivity contribution in [3.63, 3.8) is 0 Å². The van der Waals surface area contributed by atoms with Crippen LogP contribution in [0.1, 0.15) is 79.6 Å². The Morgan fingerprint density at radius 1 is 0.833 bits per heavy atom. The van der Waals surface area contributed by atoms with Crippen LogP contribution in [0.4, 0.5) is 8.78 Å². The molecule has 2 aliphatic rings. The molecule has 0 radical (unpaired) electrons. The Morgan fingerprint density at radius 3 is 2.17 bits per heavy atom. The molecule has 2 nitrogen and oxygen atoms in total. The standard InChI is InChI=1S/C20H38F2N2/c1-18(2,3)23-12-6-8-17(9-14-23)16-19(4,5)24-13-7-10-20(21,22)11-15-24/h17H,6-16H2,1-5H3. The third kappa shape index (κ3) is 5.66. The van der Waals surface area contributed by atoms with Crippen molar-refractivity contribution in [2.45, 2.75) is 96.6 Å². The van der Waals surface area contributed by atoms with Crippen LogP contribution in [0.5, 0.6) is 0 Å². The lowest BCUT2D eigenvalue weighted by Crippen LogP contribution is -2.46. The van der Waals surface area contributed by atoms with Gasteiger partial charge in [0.15, 0.2) is 0 Å². The van der Waals surface area contributed by atoms with Gasteiger partial charge in [0.25, 0.3) is 0 Å². The van der Waals surface area contributed by atoms with Crippen molar-refractivity contribution >= 4 is 0 Å². The summed E-state index contributed by atoms with van der Waals surface area (Å²) in [5.74, 6) is -1.74. The van der Waals surface area contributed by atoms with Gasteiger partial charge < -0.3 is 0 Å². The minimum absolute atomic E-state index is 0.0267. The lowest BCUT2D eigenvalue weighted by molar-refractivity contribution is -0.0167. The average molecular weight is 345 g/mol. The first-order valence-corrected chi connectivity index (χ1v) is 9.88. The molecule has 0 saturated carbocycles. The predicted octanol–water partition coefficient (Wildman–Crippen LogP) is 5.18. The van der Waals surface area contributed by atoms with Gasteiger partial charge in [0, 0.05) is 30.5 Å². The number of alkyl halides is 2. The number of nitrogens with zero attached hydrogens (tertiary/aromatic N) is 2. The molecule has 2 saturated heterocycles. The first kappa shape index (κ1) is 20.1. The van der Waals surface area contributed by atoms with E-state index in [1.165, 1.54) is 32.4 Å². The van der Waals surface area contributed by atoms with Crippen LogP contribution >= 0.6 is 0 Å².